The van der Waals surface area contributed by atoms with E-state index in [-0.39, 0.29) is 17.0 Å². The lowest BCUT2D eigenvalue weighted by Crippen LogP contribution is -2.26. The number of nitrogens with one attached hydrogen (secondary N) is 1. The molecule has 0 aliphatic carbocycles. The number of aryl methyl sites for hydroxylation is 1. The predicted octanol–water partition coefficient (Wildman–Crippen LogP) is 2.61. The number of aromatic hydroxyl groups is 1. The van der Waals surface area contributed by atoms with E-state index in [1.807, 2.05) is 6.92 Å². The number of hydrogen-bond acceptors (Lipinski definition) is 4. The topological polar surface area (TPSA) is 83.7 Å². The van der Waals surface area contributed by atoms with Gasteiger partial charge in [0, 0.05) is 17.4 Å². The Morgan fingerprint density at radius 3 is 2.87 bits per heavy atom. The van der Waals surface area contributed by atoms with Gasteiger partial charge in [0.05, 0.1) is 5.69 Å². The Hall–Kier alpha value is -2.86. The summed E-state index contributed by atoms with van der Waals surface area (Å²) in [5, 5.41) is 12.5. The maximum Gasteiger partial charge on any atom is 0.270 e. The Labute approximate surface area is 136 Å². The van der Waals surface area contributed by atoms with E-state index in [1.165, 1.54) is 28.8 Å². The SMILES string of the molecule is Cc1ccn2c(=O)c(C(=O)Nc3cc(Cl)ccc3O)cnc2c1. The minimum atomic E-state index is -0.671. The average molecular weight is 330 g/mol. The van der Waals surface area contributed by atoms with E-state index in [1.54, 1.807) is 18.3 Å². The van der Waals surface area contributed by atoms with Crippen LogP contribution in [0.5, 0.6) is 5.75 Å². The van der Waals surface area contributed by atoms with E-state index < -0.39 is 11.5 Å². The monoisotopic (exact) mass is 329 g/mol. The zero-order valence-electron chi connectivity index (χ0n) is 12.1. The molecule has 0 saturated carbocycles. The average Bonchev–Trinajstić information content (AvgIpc) is 2.51. The molecule has 23 heavy (non-hydrogen) atoms. The van der Waals surface area contributed by atoms with E-state index in [4.69, 9.17) is 11.6 Å². The van der Waals surface area contributed by atoms with Crippen LogP contribution in [-0.4, -0.2) is 20.4 Å². The molecule has 0 aliphatic heterocycles. The molecule has 0 atom stereocenters. The quantitative estimate of drug-likeness (QED) is 0.708. The Bertz CT molecular complexity index is 982. The fourth-order valence-electron chi connectivity index (χ4n) is 2.13. The van der Waals surface area contributed by atoms with Crippen molar-refractivity contribution in [2.24, 2.45) is 0 Å². The van der Waals surface area contributed by atoms with Crippen LogP contribution in [0.4, 0.5) is 5.69 Å². The summed E-state index contributed by atoms with van der Waals surface area (Å²) < 4.78 is 1.29. The van der Waals surface area contributed by atoms with Gasteiger partial charge in [0.2, 0.25) is 0 Å². The Morgan fingerprint density at radius 2 is 2.09 bits per heavy atom. The molecule has 0 unspecified atom stereocenters. The molecule has 7 heteroatoms. The first-order valence-electron chi connectivity index (χ1n) is 6.73. The molecule has 2 aromatic heterocycles. The highest BCUT2D eigenvalue weighted by atomic mass is 35.5. The third kappa shape index (κ3) is 2.89. The fourth-order valence-corrected chi connectivity index (χ4v) is 2.30. The van der Waals surface area contributed by atoms with Gasteiger partial charge in [0.25, 0.3) is 11.5 Å². The van der Waals surface area contributed by atoms with Crippen LogP contribution in [0.15, 0.2) is 47.5 Å². The van der Waals surface area contributed by atoms with Crippen molar-refractivity contribution in [1.29, 1.82) is 0 Å². The number of benzene rings is 1. The number of nitrogens with zero attached hydrogens (tertiary/aromatic N) is 2. The largest absolute Gasteiger partial charge is 0.506 e. The first kappa shape index (κ1) is 15.1. The second-order valence-electron chi connectivity index (χ2n) is 5.02. The van der Waals surface area contributed by atoms with Gasteiger partial charge in [-0.1, -0.05) is 11.6 Å². The van der Waals surface area contributed by atoms with Crippen LogP contribution in [-0.2, 0) is 0 Å². The molecule has 1 aromatic carbocycles. The first-order valence-corrected chi connectivity index (χ1v) is 7.11. The van der Waals surface area contributed by atoms with Crippen molar-refractivity contribution in [3.05, 3.63) is 69.2 Å². The molecule has 0 fully saturated rings. The number of carbonyl (C=O) groups is 1. The summed E-state index contributed by atoms with van der Waals surface area (Å²) in [5.41, 5.74) is 0.908. The number of rotatable bonds is 2. The third-order valence-corrected chi connectivity index (χ3v) is 3.55. The Kier molecular flexibility index (Phi) is 3.75. The van der Waals surface area contributed by atoms with Crippen LogP contribution in [0, 0.1) is 6.92 Å². The molecule has 0 saturated heterocycles. The van der Waals surface area contributed by atoms with Crippen LogP contribution in [0.1, 0.15) is 15.9 Å². The fraction of sp³-hybridized carbons (Fsp3) is 0.0625. The van der Waals surface area contributed by atoms with Gasteiger partial charge in [-0.3, -0.25) is 14.0 Å². The number of halogens is 1. The normalized spacial score (nSPS) is 10.7. The molecule has 2 N–H and O–H groups in total. The van der Waals surface area contributed by atoms with Crippen LogP contribution >= 0.6 is 11.6 Å². The van der Waals surface area contributed by atoms with Crippen molar-refractivity contribution in [3.63, 3.8) is 0 Å². The van der Waals surface area contributed by atoms with Gasteiger partial charge in [0.1, 0.15) is 17.0 Å². The van der Waals surface area contributed by atoms with Gasteiger partial charge in [-0.2, -0.15) is 0 Å². The number of fused-ring (bicyclic) bond motifs is 1. The van der Waals surface area contributed by atoms with Crippen molar-refractivity contribution in [2.75, 3.05) is 5.32 Å². The summed E-state index contributed by atoms with van der Waals surface area (Å²) in [6.07, 6.45) is 2.78. The summed E-state index contributed by atoms with van der Waals surface area (Å²) in [7, 11) is 0. The highest BCUT2D eigenvalue weighted by Crippen LogP contribution is 2.26. The van der Waals surface area contributed by atoms with E-state index >= 15 is 0 Å². The molecule has 3 aromatic rings. The lowest BCUT2D eigenvalue weighted by atomic mass is 10.2. The number of phenols is 1. The first-order chi connectivity index (χ1) is 11.0. The highest BCUT2D eigenvalue weighted by molar-refractivity contribution is 6.31. The lowest BCUT2D eigenvalue weighted by molar-refractivity contribution is 0.102. The second-order valence-corrected chi connectivity index (χ2v) is 5.46. The van der Waals surface area contributed by atoms with Crippen molar-refractivity contribution >= 4 is 28.8 Å². The minimum Gasteiger partial charge on any atom is -0.506 e. The molecule has 0 radical (unpaired) electrons. The maximum atomic E-state index is 12.4. The number of phenolic OH excluding ortho intramolecular Hbond substituents is 1. The van der Waals surface area contributed by atoms with Gasteiger partial charge in [-0.25, -0.2) is 4.98 Å². The van der Waals surface area contributed by atoms with Crippen LogP contribution in [0.2, 0.25) is 5.02 Å². The van der Waals surface area contributed by atoms with E-state index in [0.717, 1.165) is 5.56 Å². The van der Waals surface area contributed by atoms with Gasteiger partial charge in [-0.15, -0.1) is 0 Å². The zero-order valence-corrected chi connectivity index (χ0v) is 12.8. The molecule has 1 amide bonds. The molecule has 2 heterocycles. The van der Waals surface area contributed by atoms with Crippen molar-refractivity contribution in [2.45, 2.75) is 6.92 Å². The second kappa shape index (κ2) is 5.73. The third-order valence-electron chi connectivity index (χ3n) is 3.32. The molecule has 116 valence electrons. The number of amides is 1. The zero-order chi connectivity index (χ0) is 16.6. The Morgan fingerprint density at radius 1 is 1.30 bits per heavy atom. The molecule has 0 aliphatic rings. The van der Waals surface area contributed by atoms with E-state index in [9.17, 15) is 14.7 Å². The van der Waals surface area contributed by atoms with Crippen molar-refractivity contribution in [3.8, 4) is 5.75 Å². The minimum absolute atomic E-state index is 0.121. The van der Waals surface area contributed by atoms with Crippen LogP contribution in [0.3, 0.4) is 0 Å². The van der Waals surface area contributed by atoms with Crippen LogP contribution in [0.25, 0.3) is 5.65 Å². The van der Waals surface area contributed by atoms with Gasteiger partial charge < -0.3 is 10.4 Å². The summed E-state index contributed by atoms with van der Waals surface area (Å²) in [4.78, 5) is 28.8. The van der Waals surface area contributed by atoms with Gasteiger partial charge in [-0.05, 0) is 42.8 Å². The van der Waals surface area contributed by atoms with E-state index in [2.05, 4.69) is 10.3 Å². The molecule has 3 rings (SSSR count). The van der Waals surface area contributed by atoms with Crippen LogP contribution < -0.4 is 10.9 Å². The molecule has 0 bridgehead atoms. The summed E-state index contributed by atoms with van der Waals surface area (Å²) in [5.74, 6) is -0.817. The number of pyridine rings is 1. The number of hydrogen-bond donors (Lipinski definition) is 2. The number of aromatic nitrogens is 2. The number of anilines is 1. The summed E-state index contributed by atoms with van der Waals surface area (Å²) in [6, 6.07) is 7.73. The highest BCUT2D eigenvalue weighted by Gasteiger charge is 2.15. The predicted molar refractivity (Wildman–Crippen MR) is 87.3 cm³/mol. The smallest absolute Gasteiger partial charge is 0.270 e. The molecule has 6 nitrogen and oxygen atoms in total. The van der Waals surface area contributed by atoms with E-state index in [0.29, 0.717) is 10.7 Å². The standard InChI is InChI=1S/C16H12ClN3O3/c1-9-4-5-20-14(6-9)18-8-11(16(20)23)15(22)19-12-7-10(17)2-3-13(12)21/h2-8,21H,1H3,(H,19,22). The molecule has 0 spiro atoms. The molecular formula is C16H12ClN3O3. The van der Waals surface area contributed by atoms with Gasteiger partial charge >= 0.3 is 0 Å². The lowest BCUT2D eigenvalue weighted by Gasteiger charge is -2.08. The summed E-state index contributed by atoms with van der Waals surface area (Å²) in [6.45, 7) is 1.88. The van der Waals surface area contributed by atoms with Crippen molar-refractivity contribution < 1.29 is 9.90 Å². The number of carbonyl (C=O) groups excluding carboxylic acids is 1. The maximum absolute atomic E-state index is 12.4. The van der Waals surface area contributed by atoms with Crippen molar-refractivity contribution in [1.82, 2.24) is 9.38 Å². The summed E-state index contributed by atoms with van der Waals surface area (Å²) >= 11 is 5.83. The van der Waals surface area contributed by atoms with Gasteiger partial charge in [0.15, 0.2) is 0 Å². The molecular weight excluding hydrogens is 318 g/mol. The Balaban J connectivity index is 2.01.